The molecule has 25 heavy (non-hydrogen) atoms. The molecule has 0 aliphatic heterocycles. The Balaban J connectivity index is 2.69. The van der Waals surface area contributed by atoms with E-state index >= 15 is 0 Å². The van der Waals surface area contributed by atoms with Crippen molar-refractivity contribution in [3.63, 3.8) is 0 Å². The summed E-state index contributed by atoms with van der Waals surface area (Å²) in [5, 5.41) is 11.8. The van der Waals surface area contributed by atoms with E-state index in [1.165, 1.54) is 6.92 Å². The molecule has 1 aromatic carbocycles. The third kappa shape index (κ3) is 7.37. The van der Waals surface area contributed by atoms with Crippen LogP contribution in [0.1, 0.15) is 57.8 Å². The third-order valence-corrected chi connectivity index (χ3v) is 3.72. The quantitative estimate of drug-likeness (QED) is 0.704. The van der Waals surface area contributed by atoms with Crippen molar-refractivity contribution in [1.29, 1.82) is 0 Å². The summed E-state index contributed by atoms with van der Waals surface area (Å²) in [5.74, 6) is -1.29. The number of Topliss-reactive ketones (excluding diaryl/α,β-unsaturated/α-hetero) is 1. The maximum absolute atomic E-state index is 12.2. The Morgan fingerprint density at radius 2 is 1.88 bits per heavy atom. The summed E-state index contributed by atoms with van der Waals surface area (Å²) in [6, 6.07) is 5.57. The smallest absolute Gasteiger partial charge is 0.326 e. The Hall–Kier alpha value is -2.37. The maximum atomic E-state index is 12.2. The second kappa shape index (κ2) is 8.65. The van der Waals surface area contributed by atoms with E-state index in [-0.39, 0.29) is 11.2 Å². The van der Waals surface area contributed by atoms with Crippen molar-refractivity contribution in [1.82, 2.24) is 5.32 Å². The van der Waals surface area contributed by atoms with E-state index in [0.29, 0.717) is 24.2 Å². The largest absolute Gasteiger partial charge is 0.481 e. The SMILES string of the molecule is CC(=O)c1cccc(OC(C)C(=O)NC(CCC(C)(C)C)C(=O)O)c1. The number of carboxylic acids is 1. The van der Waals surface area contributed by atoms with Crippen LogP contribution in [0.25, 0.3) is 0 Å². The molecule has 0 bridgehead atoms. The normalized spacial score (nSPS) is 13.6. The molecule has 6 heteroatoms. The first kappa shape index (κ1) is 20.7. The van der Waals surface area contributed by atoms with Crippen LogP contribution in [0.5, 0.6) is 5.75 Å². The number of nitrogens with one attached hydrogen (secondary N) is 1. The lowest BCUT2D eigenvalue weighted by Crippen LogP contribution is -2.46. The van der Waals surface area contributed by atoms with Crippen LogP contribution in [0.3, 0.4) is 0 Å². The fourth-order valence-corrected chi connectivity index (χ4v) is 2.17. The Labute approximate surface area is 148 Å². The number of carbonyl (C=O) groups is 3. The molecule has 0 heterocycles. The monoisotopic (exact) mass is 349 g/mol. The van der Waals surface area contributed by atoms with Gasteiger partial charge in [-0.1, -0.05) is 32.9 Å². The molecular formula is C19H27NO5. The molecule has 2 unspecified atom stereocenters. The van der Waals surface area contributed by atoms with Crippen molar-refractivity contribution < 1.29 is 24.2 Å². The highest BCUT2D eigenvalue weighted by Gasteiger charge is 2.25. The molecule has 6 nitrogen and oxygen atoms in total. The number of ketones is 1. The van der Waals surface area contributed by atoms with E-state index in [0.717, 1.165) is 0 Å². The van der Waals surface area contributed by atoms with Crippen LogP contribution in [-0.4, -0.2) is 34.9 Å². The number of hydrogen-bond acceptors (Lipinski definition) is 4. The number of hydrogen-bond donors (Lipinski definition) is 2. The van der Waals surface area contributed by atoms with Gasteiger partial charge in [-0.3, -0.25) is 9.59 Å². The standard InChI is InChI=1S/C19H27NO5/c1-12(21)14-7-6-8-15(11-14)25-13(2)17(22)20-16(18(23)24)9-10-19(3,4)5/h6-8,11,13,16H,9-10H2,1-5H3,(H,20,22)(H,23,24). The highest BCUT2D eigenvalue weighted by Crippen LogP contribution is 2.22. The van der Waals surface area contributed by atoms with Gasteiger partial charge in [-0.2, -0.15) is 0 Å². The molecule has 138 valence electrons. The summed E-state index contributed by atoms with van der Waals surface area (Å²) in [6.07, 6.45) is 0.135. The molecule has 0 saturated carbocycles. The summed E-state index contributed by atoms with van der Waals surface area (Å²) >= 11 is 0. The summed E-state index contributed by atoms with van der Waals surface area (Å²) in [7, 11) is 0. The number of amides is 1. The van der Waals surface area contributed by atoms with Gasteiger partial charge >= 0.3 is 5.97 Å². The zero-order valence-electron chi connectivity index (χ0n) is 15.5. The highest BCUT2D eigenvalue weighted by molar-refractivity contribution is 5.94. The van der Waals surface area contributed by atoms with Crippen molar-refractivity contribution in [2.24, 2.45) is 5.41 Å². The third-order valence-electron chi connectivity index (χ3n) is 3.72. The van der Waals surface area contributed by atoms with Crippen LogP contribution in [0, 0.1) is 5.41 Å². The van der Waals surface area contributed by atoms with E-state index in [2.05, 4.69) is 5.32 Å². The van der Waals surface area contributed by atoms with Crippen LogP contribution in [0.15, 0.2) is 24.3 Å². The van der Waals surface area contributed by atoms with Crippen molar-refractivity contribution in [3.05, 3.63) is 29.8 Å². The molecule has 0 aliphatic rings. The van der Waals surface area contributed by atoms with E-state index in [1.54, 1.807) is 31.2 Å². The molecule has 0 aliphatic carbocycles. The maximum Gasteiger partial charge on any atom is 0.326 e. The van der Waals surface area contributed by atoms with Crippen LogP contribution in [0.2, 0.25) is 0 Å². The van der Waals surface area contributed by atoms with Crippen molar-refractivity contribution in [2.75, 3.05) is 0 Å². The van der Waals surface area contributed by atoms with Gasteiger partial charge < -0.3 is 15.2 Å². The molecule has 0 aromatic heterocycles. The van der Waals surface area contributed by atoms with E-state index in [4.69, 9.17) is 4.74 Å². The lowest BCUT2D eigenvalue weighted by molar-refractivity contribution is -0.143. The number of benzene rings is 1. The lowest BCUT2D eigenvalue weighted by Gasteiger charge is -2.23. The number of carbonyl (C=O) groups excluding carboxylic acids is 2. The topological polar surface area (TPSA) is 92.7 Å². The van der Waals surface area contributed by atoms with Crippen molar-refractivity contribution in [3.8, 4) is 5.75 Å². The molecule has 0 saturated heterocycles. The average molecular weight is 349 g/mol. The molecule has 2 N–H and O–H groups in total. The van der Waals surface area contributed by atoms with Gasteiger partial charge in [-0.25, -0.2) is 4.79 Å². The summed E-state index contributed by atoms with van der Waals surface area (Å²) < 4.78 is 5.54. The van der Waals surface area contributed by atoms with Crippen LogP contribution in [0.4, 0.5) is 0 Å². The predicted octanol–water partition coefficient (Wildman–Crippen LogP) is 3.05. The molecule has 1 aromatic rings. The van der Waals surface area contributed by atoms with Gasteiger partial charge in [0.2, 0.25) is 0 Å². The van der Waals surface area contributed by atoms with Gasteiger partial charge in [0.05, 0.1) is 0 Å². The minimum Gasteiger partial charge on any atom is -0.481 e. The number of carboxylic acid groups (broad SMARTS) is 1. The van der Waals surface area contributed by atoms with Crippen LogP contribution < -0.4 is 10.1 Å². The molecule has 2 atom stereocenters. The van der Waals surface area contributed by atoms with Gasteiger partial charge in [0.25, 0.3) is 5.91 Å². The zero-order valence-corrected chi connectivity index (χ0v) is 15.5. The summed E-state index contributed by atoms with van der Waals surface area (Å²) in [5.41, 5.74) is 0.465. The lowest BCUT2D eigenvalue weighted by atomic mass is 9.88. The molecular weight excluding hydrogens is 322 g/mol. The van der Waals surface area contributed by atoms with Crippen LogP contribution >= 0.6 is 0 Å². The Morgan fingerprint density at radius 1 is 1.24 bits per heavy atom. The first-order chi connectivity index (χ1) is 11.5. The first-order valence-electron chi connectivity index (χ1n) is 8.30. The van der Waals surface area contributed by atoms with Crippen LogP contribution in [-0.2, 0) is 9.59 Å². The molecule has 1 amide bonds. The number of rotatable bonds is 8. The van der Waals surface area contributed by atoms with Gasteiger partial charge in [0, 0.05) is 5.56 Å². The average Bonchev–Trinajstić information content (AvgIpc) is 2.50. The second-order valence-corrected chi connectivity index (χ2v) is 7.34. The van der Waals surface area contributed by atoms with Crippen molar-refractivity contribution >= 4 is 17.7 Å². The number of aliphatic carboxylic acids is 1. The number of ether oxygens (including phenoxy) is 1. The molecule has 0 spiro atoms. The Bertz CT molecular complexity index is 633. The first-order valence-corrected chi connectivity index (χ1v) is 8.30. The highest BCUT2D eigenvalue weighted by atomic mass is 16.5. The second-order valence-electron chi connectivity index (χ2n) is 7.34. The van der Waals surface area contributed by atoms with E-state index in [1.807, 2.05) is 20.8 Å². The van der Waals surface area contributed by atoms with Crippen molar-refractivity contribution in [2.45, 2.75) is 59.6 Å². The van der Waals surface area contributed by atoms with Gasteiger partial charge in [-0.15, -0.1) is 0 Å². The minimum atomic E-state index is -1.07. The molecule has 1 rings (SSSR count). The van der Waals surface area contributed by atoms with Gasteiger partial charge in [-0.05, 0) is 44.2 Å². The summed E-state index contributed by atoms with van der Waals surface area (Å²) in [4.78, 5) is 35.0. The molecule has 0 fully saturated rings. The Morgan fingerprint density at radius 3 is 2.40 bits per heavy atom. The van der Waals surface area contributed by atoms with Gasteiger partial charge in [0.15, 0.2) is 11.9 Å². The summed E-state index contributed by atoms with van der Waals surface area (Å²) in [6.45, 7) is 9.03. The Kier molecular flexibility index (Phi) is 7.15. The van der Waals surface area contributed by atoms with Gasteiger partial charge in [0.1, 0.15) is 11.8 Å². The minimum absolute atomic E-state index is 0.0202. The fourth-order valence-electron chi connectivity index (χ4n) is 2.17. The zero-order chi connectivity index (χ0) is 19.2. The predicted molar refractivity (Wildman–Crippen MR) is 94.8 cm³/mol. The van der Waals surface area contributed by atoms with E-state index < -0.39 is 24.0 Å². The fraction of sp³-hybridized carbons (Fsp3) is 0.526. The molecule has 0 radical (unpaired) electrons. The van der Waals surface area contributed by atoms with E-state index in [9.17, 15) is 19.5 Å².